The minimum atomic E-state index is -0.889. The van der Waals surface area contributed by atoms with Crippen molar-refractivity contribution in [3.8, 4) is 0 Å². The second kappa shape index (κ2) is 3.18. The molecule has 0 bridgehead atoms. The van der Waals surface area contributed by atoms with E-state index in [0.29, 0.717) is 24.8 Å². The van der Waals surface area contributed by atoms with Crippen LogP contribution in [0.2, 0.25) is 0 Å². The molecule has 1 atom stereocenters. The highest BCUT2D eigenvalue weighted by atomic mass is 16.4. The van der Waals surface area contributed by atoms with E-state index in [1.54, 1.807) is 6.08 Å². The van der Waals surface area contributed by atoms with E-state index >= 15 is 0 Å². The van der Waals surface area contributed by atoms with Gasteiger partial charge in [0.25, 0.3) is 0 Å². The molecule has 0 fully saturated rings. The van der Waals surface area contributed by atoms with Gasteiger partial charge in [-0.2, -0.15) is 0 Å². The molecule has 0 aliphatic heterocycles. The molecule has 11 heavy (non-hydrogen) atoms. The summed E-state index contributed by atoms with van der Waals surface area (Å²) in [4.78, 5) is 20.3. The molecule has 0 radical (unpaired) electrons. The summed E-state index contributed by atoms with van der Waals surface area (Å²) < 4.78 is 0. The lowest BCUT2D eigenvalue weighted by atomic mass is 10.2. The number of carboxylic acids is 1. The normalized spacial score (nSPS) is 22.5. The summed E-state index contributed by atoms with van der Waals surface area (Å²) in [5, 5.41) is 11.0. The molecule has 0 spiro atoms. The Hall–Kier alpha value is -1.32. The van der Waals surface area contributed by atoms with Crippen LogP contribution in [0.1, 0.15) is 12.8 Å². The maximum atomic E-state index is 10.4. The summed E-state index contributed by atoms with van der Waals surface area (Å²) in [5.41, 5.74) is 0.393. The third-order valence-corrected chi connectivity index (χ3v) is 1.69. The van der Waals surface area contributed by atoms with Gasteiger partial charge >= 0.3 is 5.97 Å². The minimum absolute atomic E-state index is 0.0152. The minimum Gasteiger partial charge on any atom is -0.478 e. The van der Waals surface area contributed by atoms with Gasteiger partial charge in [0.15, 0.2) is 0 Å². The van der Waals surface area contributed by atoms with Crippen molar-refractivity contribution in [1.82, 2.24) is 5.32 Å². The van der Waals surface area contributed by atoms with Gasteiger partial charge in [-0.25, -0.2) is 4.79 Å². The fourth-order valence-electron chi connectivity index (χ4n) is 1.11. The highest BCUT2D eigenvalue weighted by Gasteiger charge is 2.20. The summed E-state index contributed by atoms with van der Waals surface area (Å²) in [6, 6.07) is -0.0152. The van der Waals surface area contributed by atoms with Gasteiger partial charge in [0, 0.05) is 11.6 Å². The van der Waals surface area contributed by atoms with E-state index < -0.39 is 5.97 Å². The monoisotopic (exact) mass is 155 g/mol. The molecular weight excluding hydrogens is 146 g/mol. The largest absolute Gasteiger partial charge is 0.478 e. The van der Waals surface area contributed by atoms with Crippen LogP contribution in [0, 0.1) is 0 Å². The van der Waals surface area contributed by atoms with Crippen LogP contribution in [-0.4, -0.2) is 23.5 Å². The van der Waals surface area contributed by atoms with Crippen LogP contribution in [0.25, 0.3) is 0 Å². The number of nitrogens with one attached hydrogen (secondary N) is 1. The number of hydrogen-bond acceptors (Lipinski definition) is 2. The Balaban J connectivity index is 2.42. The molecular formula is C7H9NO3. The number of aliphatic carboxylic acids is 1. The average molecular weight is 155 g/mol. The van der Waals surface area contributed by atoms with Gasteiger partial charge in [-0.3, -0.25) is 4.79 Å². The highest BCUT2D eigenvalue weighted by Crippen LogP contribution is 2.17. The van der Waals surface area contributed by atoms with Crippen molar-refractivity contribution < 1.29 is 14.7 Å². The number of rotatable bonds is 3. The summed E-state index contributed by atoms with van der Waals surface area (Å²) in [6.07, 6.45) is 3.31. The van der Waals surface area contributed by atoms with Crippen LogP contribution >= 0.6 is 0 Å². The van der Waals surface area contributed by atoms with E-state index in [-0.39, 0.29) is 6.04 Å². The number of carboxylic acid groups (broad SMARTS) is 1. The number of hydrogen-bond donors (Lipinski definition) is 2. The molecule has 0 saturated heterocycles. The molecule has 1 aliphatic rings. The fourth-order valence-corrected chi connectivity index (χ4v) is 1.11. The summed E-state index contributed by atoms with van der Waals surface area (Å²) in [5.74, 6) is -0.889. The van der Waals surface area contributed by atoms with Gasteiger partial charge in [-0.05, 0) is 12.8 Å². The molecule has 1 rings (SSSR count). The first-order chi connectivity index (χ1) is 5.24. The van der Waals surface area contributed by atoms with E-state index in [4.69, 9.17) is 5.11 Å². The molecule has 0 aromatic carbocycles. The topological polar surface area (TPSA) is 66.4 Å². The Kier molecular flexibility index (Phi) is 2.25. The first-order valence-electron chi connectivity index (χ1n) is 3.36. The summed E-state index contributed by atoms with van der Waals surface area (Å²) in [7, 11) is 0. The maximum absolute atomic E-state index is 10.4. The zero-order chi connectivity index (χ0) is 8.27. The maximum Gasteiger partial charge on any atom is 0.331 e. The van der Waals surface area contributed by atoms with Crippen LogP contribution in [0.15, 0.2) is 11.6 Å². The van der Waals surface area contributed by atoms with Crippen LogP contribution < -0.4 is 5.32 Å². The molecule has 4 heteroatoms. The molecule has 0 aromatic rings. The lowest BCUT2D eigenvalue weighted by Crippen LogP contribution is -2.25. The second-order valence-electron chi connectivity index (χ2n) is 2.46. The summed E-state index contributed by atoms with van der Waals surface area (Å²) in [6.45, 7) is 0. The Morgan fingerprint density at radius 3 is 3.00 bits per heavy atom. The predicted molar refractivity (Wildman–Crippen MR) is 37.9 cm³/mol. The zero-order valence-electron chi connectivity index (χ0n) is 5.91. The van der Waals surface area contributed by atoms with Crippen LogP contribution in [0.4, 0.5) is 0 Å². The van der Waals surface area contributed by atoms with Crippen LogP contribution in [0.3, 0.4) is 0 Å². The van der Waals surface area contributed by atoms with E-state index in [1.807, 2.05) is 0 Å². The number of amides is 1. The molecule has 0 aromatic heterocycles. The zero-order valence-corrected chi connectivity index (χ0v) is 5.91. The van der Waals surface area contributed by atoms with Crippen LogP contribution in [0.5, 0.6) is 0 Å². The van der Waals surface area contributed by atoms with Crippen molar-refractivity contribution in [2.24, 2.45) is 0 Å². The smallest absolute Gasteiger partial charge is 0.331 e. The summed E-state index contributed by atoms with van der Waals surface area (Å²) >= 11 is 0. The Bertz CT molecular complexity index is 210. The molecule has 60 valence electrons. The number of carbonyl (C=O) groups excluding carboxylic acids is 1. The van der Waals surface area contributed by atoms with Crippen molar-refractivity contribution in [2.45, 2.75) is 18.9 Å². The van der Waals surface area contributed by atoms with Gasteiger partial charge in [-0.1, -0.05) is 6.08 Å². The third-order valence-electron chi connectivity index (χ3n) is 1.69. The first kappa shape index (κ1) is 7.78. The quantitative estimate of drug-likeness (QED) is 0.559. The Morgan fingerprint density at radius 2 is 2.55 bits per heavy atom. The Labute approximate surface area is 63.9 Å². The van der Waals surface area contributed by atoms with Gasteiger partial charge in [0.1, 0.15) is 0 Å². The van der Waals surface area contributed by atoms with Crippen LogP contribution in [-0.2, 0) is 9.59 Å². The second-order valence-corrected chi connectivity index (χ2v) is 2.46. The number of carbonyl (C=O) groups is 2. The standard InChI is InChI=1S/C7H9NO3/c9-4-8-6-2-1-5(3-6)7(10)11/h1,4,6H,2-3H2,(H,8,9)(H,10,11). The fraction of sp³-hybridized carbons (Fsp3) is 0.429. The first-order valence-corrected chi connectivity index (χ1v) is 3.36. The van der Waals surface area contributed by atoms with E-state index in [2.05, 4.69) is 5.32 Å². The van der Waals surface area contributed by atoms with Gasteiger partial charge < -0.3 is 10.4 Å². The van der Waals surface area contributed by atoms with Crippen molar-refractivity contribution in [3.05, 3.63) is 11.6 Å². The SMILES string of the molecule is O=CNC1CC=C(C(=O)O)C1. The molecule has 1 amide bonds. The molecule has 1 unspecified atom stereocenters. The lowest BCUT2D eigenvalue weighted by molar-refractivity contribution is -0.132. The lowest BCUT2D eigenvalue weighted by Gasteiger charge is -2.05. The van der Waals surface area contributed by atoms with E-state index in [9.17, 15) is 9.59 Å². The van der Waals surface area contributed by atoms with Crippen molar-refractivity contribution in [3.63, 3.8) is 0 Å². The predicted octanol–water partition coefficient (Wildman–Crippen LogP) is -0.0942. The molecule has 1 aliphatic carbocycles. The molecule has 2 N–H and O–H groups in total. The van der Waals surface area contributed by atoms with Crippen molar-refractivity contribution in [1.29, 1.82) is 0 Å². The third kappa shape index (κ3) is 1.80. The van der Waals surface area contributed by atoms with Crippen molar-refractivity contribution >= 4 is 12.4 Å². The van der Waals surface area contributed by atoms with Gasteiger partial charge in [-0.15, -0.1) is 0 Å². The van der Waals surface area contributed by atoms with Gasteiger partial charge in [0.2, 0.25) is 6.41 Å². The molecule has 4 nitrogen and oxygen atoms in total. The average Bonchev–Trinajstić information content (AvgIpc) is 2.37. The van der Waals surface area contributed by atoms with Gasteiger partial charge in [0.05, 0.1) is 0 Å². The Morgan fingerprint density at radius 1 is 1.82 bits per heavy atom. The van der Waals surface area contributed by atoms with Crippen molar-refractivity contribution in [2.75, 3.05) is 0 Å². The molecule has 0 saturated carbocycles. The molecule has 0 heterocycles. The van der Waals surface area contributed by atoms with E-state index in [1.165, 1.54) is 0 Å². The van der Waals surface area contributed by atoms with E-state index in [0.717, 1.165) is 0 Å². The highest BCUT2D eigenvalue weighted by molar-refractivity contribution is 5.87.